The largest absolute Gasteiger partial charge is 0.484 e. The second-order valence-electron chi connectivity index (χ2n) is 10.3. The number of halogens is 1. The molecule has 208 valence electrons. The number of benzene rings is 2. The molecule has 0 fully saturated rings. The van der Waals surface area contributed by atoms with Gasteiger partial charge in [0.2, 0.25) is 0 Å². The van der Waals surface area contributed by atoms with Crippen molar-refractivity contribution in [3.8, 4) is 5.75 Å². The van der Waals surface area contributed by atoms with Gasteiger partial charge in [0.15, 0.2) is 6.61 Å². The molecule has 1 N–H and O–H groups in total. The lowest BCUT2D eigenvalue weighted by atomic mass is 10.1. The number of ether oxygens (including phenoxy) is 1. The summed E-state index contributed by atoms with van der Waals surface area (Å²) < 4.78 is 7.94. The molecule has 0 aliphatic heterocycles. The van der Waals surface area contributed by atoms with Crippen LogP contribution in [-0.2, 0) is 17.8 Å². The number of hydrogen-bond donors (Lipinski definition) is 1. The number of para-hydroxylation sites is 2. The van der Waals surface area contributed by atoms with Crippen LogP contribution in [0.4, 0.5) is 0 Å². The van der Waals surface area contributed by atoms with Gasteiger partial charge in [-0.2, -0.15) is 0 Å². The van der Waals surface area contributed by atoms with Gasteiger partial charge in [-0.1, -0.05) is 94.9 Å². The Morgan fingerprint density at radius 3 is 2.24 bits per heavy atom. The topological polar surface area (TPSA) is 56.2 Å². The van der Waals surface area contributed by atoms with E-state index in [1.165, 1.54) is 75.5 Å². The number of unbranched alkanes of at least 4 members (excludes halogenated alkanes) is 11. The summed E-state index contributed by atoms with van der Waals surface area (Å²) in [4.78, 5) is 17.0. The van der Waals surface area contributed by atoms with Gasteiger partial charge >= 0.3 is 0 Å². The second kappa shape index (κ2) is 17.9. The summed E-state index contributed by atoms with van der Waals surface area (Å²) in [6.07, 6.45) is 17.6. The minimum absolute atomic E-state index is 0.0185. The van der Waals surface area contributed by atoms with Gasteiger partial charge in [0, 0.05) is 24.5 Å². The minimum Gasteiger partial charge on any atom is -0.484 e. The van der Waals surface area contributed by atoms with E-state index in [4.69, 9.17) is 21.3 Å². The van der Waals surface area contributed by atoms with Crippen LogP contribution in [0.5, 0.6) is 5.75 Å². The van der Waals surface area contributed by atoms with Crippen LogP contribution in [0, 0.1) is 0 Å². The van der Waals surface area contributed by atoms with Gasteiger partial charge in [0.25, 0.3) is 5.91 Å². The van der Waals surface area contributed by atoms with Gasteiger partial charge in [0.05, 0.1) is 11.0 Å². The number of aryl methyl sites for hydroxylation is 2. The molecule has 0 aliphatic carbocycles. The summed E-state index contributed by atoms with van der Waals surface area (Å²) in [6, 6.07) is 15.5. The molecule has 1 heterocycles. The number of aromatic nitrogens is 2. The molecule has 0 saturated carbocycles. The van der Waals surface area contributed by atoms with Crippen LogP contribution in [0.3, 0.4) is 0 Å². The first-order valence-corrected chi connectivity index (χ1v) is 15.1. The Morgan fingerprint density at radius 2 is 1.50 bits per heavy atom. The molecular formula is C32H46ClN3O2. The van der Waals surface area contributed by atoms with Crippen LogP contribution in [0.2, 0.25) is 5.02 Å². The number of fused-ring (bicyclic) bond motifs is 1. The minimum atomic E-state index is -0.0989. The van der Waals surface area contributed by atoms with Gasteiger partial charge < -0.3 is 14.6 Å². The summed E-state index contributed by atoms with van der Waals surface area (Å²) in [6.45, 7) is 4.01. The second-order valence-corrected chi connectivity index (χ2v) is 10.7. The number of nitrogens with one attached hydrogen (secondary N) is 1. The molecule has 0 saturated heterocycles. The molecule has 1 amide bonds. The molecule has 3 rings (SSSR count). The first-order chi connectivity index (χ1) is 18.7. The van der Waals surface area contributed by atoms with Crippen molar-refractivity contribution >= 4 is 28.5 Å². The molecule has 5 nitrogen and oxygen atoms in total. The van der Waals surface area contributed by atoms with Crippen LogP contribution in [0.1, 0.15) is 96.2 Å². The SMILES string of the molecule is CCCCCCCCCCCCn1c(CCCCCNC(=O)COc2ccc(Cl)cc2)nc2ccccc21. The van der Waals surface area contributed by atoms with Crippen molar-refractivity contribution in [2.45, 2.75) is 103 Å². The highest BCUT2D eigenvalue weighted by Crippen LogP contribution is 2.20. The number of imidazole rings is 1. The van der Waals surface area contributed by atoms with Crippen molar-refractivity contribution in [3.63, 3.8) is 0 Å². The number of amides is 1. The van der Waals surface area contributed by atoms with Crippen LogP contribution in [0.25, 0.3) is 11.0 Å². The zero-order chi connectivity index (χ0) is 26.8. The van der Waals surface area contributed by atoms with Crippen molar-refractivity contribution in [1.29, 1.82) is 0 Å². The monoisotopic (exact) mass is 539 g/mol. The lowest BCUT2D eigenvalue weighted by Crippen LogP contribution is -2.29. The molecule has 6 heteroatoms. The number of rotatable bonds is 20. The summed E-state index contributed by atoms with van der Waals surface area (Å²) >= 11 is 5.87. The van der Waals surface area contributed by atoms with Crippen LogP contribution >= 0.6 is 11.6 Å². The molecule has 3 aromatic rings. The van der Waals surface area contributed by atoms with Crippen LogP contribution in [-0.4, -0.2) is 28.6 Å². The molecule has 0 aliphatic rings. The van der Waals surface area contributed by atoms with E-state index < -0.39 is 0 Å². The number of carbonyl (C=O) groups is 1. The summed E-state index contributed by atoms with van der Waals surface area (Å²) in [5.41, 5.74) is 2.36. The maximum atomic E-state index is 12.0. The van der Waals surface area contributed by atoms with Gasteiger partial charge in [-0.05, 0) is 55.7 Å². The fraction of sp³-hybridized carbons (Fsp3) is 0.562. The summed E-state index contributed by atoms with van der Waals surface area (Å²) in [5.74, 6) is 1.74. The Hall–Kier alpha value is -2.53. The number of hydrogen-bond acceptors (Lipinski definition) is 3. The summed E-state index contributed by atoms with van der Waals surface area (Å²) in [5, 5.41) is 3.60. The predicted molar refractivity (Wildman–Crippen MR) is 159 cm³/mol. The predicted octanol–water partition coefficient (Wildman–Crippen LogP) is 8.52. The fourth-order valence-corrected chi connectivity index (χ4v) is 4.99. The van der Waals surface area contributed by atoms with Gasteiger partial charge in [-0.25, -0.2) is 4.98 Å². The Balaban J connectivity index is 1.31. The van der Waals surface area contributed by atoms with Crippen LogP contribution < -0.4 is 10.1 Å². The maximum absolute atomic E-state index is 12.0. The number of carbonyl (C=O) groups excluding carboxylic acids is 1. The van der Waals surface area contributed by atoms with Gasteiger partial charge in [-0.3, -0.25) is 4.79 Å². The standard InChI is InChI=1S/C32H46ClN3O2/c1-2-3-4-5-6-7-8-9-10-16-25-36-30-18-14-13-17-29(30)35-31(36)19-12-11-15-24-34-32(37)26-38-28-22-20-27(33)21-23-28/h13-14,17-18,20-23H,2-12,15-16,19,24-26H2,1H3,(H,34,37). The molecule has 0 unspecified atom stereocenters. The smallest absolute Gasteiger partial charge is 0.257 e. The highest BCUT2D eigenvalue weighted by atomic mass is 35.5. The molecular weight excluding hydrogens is 494 g/mol. The highest BCUT2D eigenvalue weighted by molar-refractivity contribution is 6.30. The Bertz CT molecular complexity index is 1060. The van der Waals surface area contributed by atoms with Crippen molar-refractivity contribution in [3.05, 3.63) is 59.4 Å². The van der Waals surface area contributed by atoms with E-state index in [2.05, 4.69) is 41.1 Å². The Kier molecular flexibility index (Phi) is 14.1. The Labute approximate surface area is 234 Å². The average Bonchev–Trinajstić information content (AvgIpc) is 3.28. The zero-order valence-electron chi connectivity index (χ0n) is 23.2. The molecule has 0 spiro atoms. The highest BCUT2D eigenvalue weighted by Gasteiger charge is 2.10. The van der Waals surface area contributed by atoms with E-state index in [-0.39, 0.29) is 12.5 Å². The lowest BCUT2D eigenvalue weighted by Gasteiger charge is -2.10. The van der Waals surface area contributed by atoms with Gasteiger partial charge in [-0.15, -0.1) is 0 Å². The van der Waals surface area contributed by atoms with Crippen LogP contribution in [0.15, 0.2) is 48.5 Å². The van der Waals surface area contributed by atoms with Crippen molar-refractivity contribution in [1.82, 2.24) is 14.9 Å². The van der Waals surface area contributed by atoms with E-state index in [1.807, 2.05) is 0 Å². The van der Waals surface area contributed by atoms with E-state index in [9.17, 15) is 4.79 Å². The lowest BCUT2D eigenvalue weighted by molar-refractivity contribution is -0.123. The third-order valence-electron chi connectivity index (χ3n) is 7.05. The van der Waals surface area contributed by atoms with Crippen molar-refractivity contribution in [2.24, 2.45) is 0 Å². The molecule has 1 aromatic heterocycles. The molecule has 0 bridgehead atoms. The van der Waals surface area contributed by atoms with Crippen molar-refractivity contribution in [2.75, 3.05) is 13.2 Å². The van der Waals surface area contributed by atoms with E-state index in [0.29, 0.717) is 17.3 Å². The maximum Gasteiger partial charge on any atom is 0.257 e. The average molecular weight is 540 g/mol. The van der Waals surface area contributed by atoms with E-state index >= 15 is 0 Å². The molecule has 0 atom stereocenters. The van der Waals surface area contributed by atoms with Gasteiger partial charge in [0.1, 0.15) is 11.6 Å². The normalized spacial score (nSPS) is 11.2. The third kappa shape index (κ3) is 11.1. The zero-order valence-corrected chi connectivity index (χ0v) is 24.0. The quantitative estimate of drug-likeness (QED) is 0.146. The summed E-state index contributed by atoms with van der Waals surface area (Å²) in [7, 11) is 0. The fourth-order valence-electron chi connectivity index (χ4n) is 4.87. The van der Waals surface area contributed by atoms with E-state index in [0.717, 1.165) is 37.7 Å². The van der Waals surface area contributed by atoms with Crippen molar-refractivity contribution < 1.29 is 9.53 Å². The first-order valence-electron chi connectivity index (χ1n) is 14.8. The molecule has 38 heavy (non-hydrogen) atoms. The number of nitrogens with zero attached hydrogens (tertiary/aromatic N) is 2. The first kappa shape index (κ1) is 30.0. The Morgan fingerprint density at radius 1 is 0.842 bits per heavy atom. The molecule has 0 radical (unpaired) electrons. The molecule has 2 aromatic carbocycles. The van der Waals surface area contributed by atoms with E-state index in [1.54, 1.807) is 24.3 Å². The third-order valence-corrected chi connectivity index (χ3v) is 7.30.